The van der Waals surface area contributed by atoms with Crippen LogP contribution in [0.15, 0.2) is 6.20 Å². The number of hydrogen-bond acceptors (Lipinski definition) is 5. The fourth-order valence-corrected chi connectivity index (χ4v) is 2.86. The molecule has 0 saturated carbocycles. The van der Waals surface area contributed by atoms with Crippen LogP contribution in [0.25, 0.3) is 0 Å². The molecular weight excluding hydrogens is 298 g/mol. The van der Waals surface area contributed by atoms with Crippen LogP contribution in [0.2, 0.25) is 0 Å². The quantitative estimate of drug-likeness (QED) is 0.807. The molecule has 1 aromatic heterocycles. The van der Waals surface area contributed by atoms with Crippen LogP contribution in [0, 0.1) is 18.8 Å². The Kier molecular flexibility index (Phi) is 5.78. The van der Waals surface area contributed by atoms with Gasteiger partial charge in [0.25, 0.3) is 5.91 Å². The van der Waals surface area contributed by atoms with E-state index < -0.39 is 12.2 Å². The van der Waals surface area contributed by atoms with E-state index in [9.17, 15) is 15.0 Å². The van der Waals surface area contributed by atoms with Gasteiger partial charge in [0.15, 0.2) is 0 Å². The Hall–Kier alpha value is -1.44. The molecule has 0 bridgehead atoms. The van der Waals surface area contributed by atoms with E-state index >= 15 is 0 Å². The van der Waals surface area contributed by atoms with Crippen LogP contribution in [-0.4, -0.2) is 69.3 Å². The average molecular weight is 325 g/mol. The summed E-state index contributed by atoms with van der Waals surface area (Å²) in [5, 5.41) is 24.0. The molecule has 7 heteroatoms. The second kappa shape index (κ2) is 7.42. The Bertz CT molecular complexity index is 543. The fourth-order valence-electron chi connectivity index (χ4n) is 2.86. The predicted molar refractivity (Wildman–Crippen MR) is 85.0 cm³/mol. The maximum Gasteiger partial charge on any atom is 0.257 e. The number of carbonyl (C=O) groups excluding carboxylic acids is 1. The minimum atomic E-state index is -0.898. The second-order valence-electron chi connectivity index (χ2n) is 6.73. The zero-order chi connectivity index (χ0) is 17.1. The van der Waals surface area contributed by atoms with Gasteiger partial charge in [0.05, 0.1) is 31.1 Å². The van der Waals surface area contributed by atoms with Crippen molar-refractivity contribution in [1.82, 2.24) is 14.7 Å². The van der Waals surface area contributed by atoms with Crippen LogP contribution in [0.4, 0.5) is 0 Å². The van der Waals surface area contributed by atoms with Gasteiger partial charge in [-0.1, -0.05) is 13.8 Å². The highest BCUT2D eigenvalue weighted by atomic mass is 16.5. The zero-order valence-electron chi connectivity index (χ0n) is 14.3. The Morgan fingerprint density at radius 2 is 2.17 bits per heavy atom. The van der Waals surface area contributed by atoms with Gasteiger partial charge in [0.1, 0.15) is 6.10 Å². The SMILES string of the molecule is Cc1c(C(=O)N(CC(C)C)C[C@@H]2COC[C@@H](O)[C@H]2O)cnn1C. The smallest absolute Gasteiger partial charge is 0.257 e. The maximum absolute atomic E-state index is 12.9. The van der Waals surface area contributed by atoms with Gasteiger partial charge in [-0.25, -0.2) is 0 Å². The van der Waals surface area contributed by atoms with Crippen molar-refractivity contribution in [2.24, 2.45) is 18.9 Å². The first-order valence-corrected chi connectivity index (χ1v) is 8.03. The van der Waals surface area contributed by atoms with Gasteiger partial charge in [0, 0.05) is 31.7 Å². The Morgan fingerprint density at radius 3 is 2.74 bits per heavy atom. The number of aliphatic hydroxyl groups excluding tert-OH is 2. The zero-order valence-corrected chi connectivity index (χ0v) is 14.3. The molecule has 130 valence electrons. The van der Waals surface area contributed by atoms with Crippen molar-refractivity contribution < 1.29 is 19.7 Å². The van der Waals surface area contributed by atoms with Crippen LogP contribution in [0.1, 0.15) is 29.9 Å². The standard InChI is InChI=1S/C16H27N3O4/c1-10(2)6-19(7-12-8-23-9-14(20)15(12)21)16(22)13-5-17-18(4)11(13)3/h5,10,12,14-15,20-21H,6-9H2,1-4H3/t12-,14-,15+/m1/s1. The highest BCUT2D eigenvalue weighted by Gasteiger charge is 2.34. The molecule has 3 atom stereocenters. The van der Waals surface area contributed by atoms with Gasteiger partial charge >= 0.3 is 0 Å². The number of rotatable bonds is 5. The van der Waals surface area contributed by atoms with E-state index in [4.69, 9.17) is 4.74 Å². The monoisotopic (exact) mass is 325 g/mol. The highest BCUT2D eigenvalue weighted by molar-refractivity contribution is 5.95. The summed E-state index contributed by atoms with van der Waals surface area (Å²) in [5.74, 6) is -0.0995. The first-order chi connectivity index (χ1) is 10.8. The number of amides is 1. The minimum absolute atomic E-state index is 0.100. The van der Waals surface area contributed by atoms with Crippen LogP contribution >= 0.6 is 0 Å². The average Bonchev–Trinajstić information content (AvgIpc) is 2.82. The van der Waals surface area contributed by atoms with Crippen molar-refractivity contribution in [3.8, 4) is 0 Å². The highest BCUT2D eigenvalue weighted by Crippen LogP contribution is 2.19. The Balaban J connectivity index is 2.16. The number of aliphatic hydroxyl groups is 2. The van der Waals surface area contributed by atoms with Gasteiger partial charge in [-0.3, -0.25) is 9.48 Å². The van der Waals surface area contributed by atoms with Crippen molar-refractivity contribution in [2.45, 2.75) is 33.0 Å². The van der Waals surface area contributed by atoms with Crippen LogP contribution in [0.5, 0.6) is 0 Å². The Labute approximate surface area is 136 Å². The molecule has 0 aliphatic carbocycles. The maximum atomic E-state index is 12.9. The number of nitrogens with zero attached hydrogens (tertiary/aromatic N) is 3. The fraction of sp³-hybridized carbons (Fsp3) is 0.750. The first kappa shape index (κ1) is 17.9. The first-order valence-electron chi connectivity index (χ1n) is 8.03. The molecule has 0 spiro atoms. The number of aryl methyl sites for hydroxylation is 1. The lowest BCUT2D eigenvalue weighted by Gasteiger charge is -2.36. The molecule has 0 radical (unpaired) electrons. The van der Waals surface area contributed by atoms with E-state index in [0.717, 1.165) is 5.69 Å². The van der Waals surface area contributed by atoms with Crippen molar-refractivity contribution >= 4 is 5.91 Å². The Morgan fingerprint density at radius 1 is 1.48 bits per heavy atom. The third kappa shape index (κ3) is 4.10. The van der Waals surface area contributed by atoms with Crippen molar-refractivity contribution in [3.05, 3.63) is 17.5 Å². The molecule has 23 heavy (non-hydrogen) atoms. The van der Waals surface area contributed by atoms with Crippen molar-refractivity contribution in [3.63, 3.8) is 0 Å². The van der Waals surface area contributed by atoms with Crippen LogP contribution in [0.3, 0.4) is 0 Å². The molecule has 1 aromatic rings. The lowest BCUT2D eigenvalue weighted by molar-refractivity contribution is -0.124. The number of carbonyl (C=O) groups is 1. The summed E-state index contributed by atoms with van der Waals surface area (Å²) in [5.41, 5.74) is 1.38. The largest absolute Gasteiger partial charge is 0.390 e. The van der Waals surface area contributed by atoms with E-state index in [0.29, 0.717) is 31.2 Å². The van der Waals surface area contributed by atoms with E-state index in [2.05, 4.69) is 5.10 Å². The molecular formula is C16H27N3O4. The summed E-state index contributed by atoms with van der Waals surface area (Å²) in [6, 6.07) is 0. The molecule has 2 heterocycles. The molecule has 1 saturated heterocycles. The molecule has 1 fully saturated rings. The van der Waals surface area contributed by atoms with E-state index in [-0.39, 0.29) is 18.4 Å². The number of aromatic nitrogens is 2. The molecule has 1 aliphatic heterocycles. The summed E-state index contributed by atoms with van der Waals surface area (Å²) < 4.78 is 6.99. The summed E-state index contributed by atoms with van der Waals surface area (Å²) in [6.07, 6.45) is -0.195. The summed E-state index contributed by atoms with van der Waals surface area (Å²) in [6.45, 7) is 7.34. The van der Waals surface area contributed by atoms with Crippen molar-refractivity contribution in [1.29, 1.82) is 0 Å². The van der Waals surface area contributed by atoms with Gasteiger partial charge in [0.2, 0.25) is 0 Å². The third-order valence-corrected chi connectivity index (χ3v) is 4.29. The lowest BCUT2D eigenvalue weighted by Crippen LogP contribution is -2.50. The van der Waals surface area contributed by atoms with Crippen molar-refractivity contribution in [2.75, 3.05) is 26.3 Å². The molecule has 2 rings (SSSR count). The number of hydrogen-bond donors (Lipinski definition) is 2. The summed E-state index contributed by atoms with van der Waals surface area (Å²) >= 11 is 0. The normalized spacial score (nSPS) is 24.9. The predicted octanol–water partition coefficient (Wildman–Crippen LogP) is 0.195. The molecule has 0 unspecified atom stereocenters. The lowest BCUT2D eigenvalue weighted by atomic mass is 9.95. The minimum Gasteiger partial charge on any atom is -0.390 e. The van der Waals surface area contributed by atoms with Gasteiger partial charge in [-0.2, -0.15) is 5.10 Å². The molecule has 1 aliphatic rings. The third-order valence-electron chi connectivity index (χ3n) is 4.29. The molecule has 0 aromatic carbocycles. The van der Waals surface area contributed by atoms with Gasteiger partial charge in [-0.15, -0.1) is 0 Å². The molecule has 2 N–H and O–H groups in total. The number of ether oxygens (including phenoxy) is 1. The van der Waals surface area contributed by atoms with Crippen LogP contribution < -0.4 is 0 Å². The summed E-state index contributed by atoms with van der Waals surface area (Å²) in [7, 11) is 1.80. The molecule has 1 amide bonds. The molecule has 7 nitrogen and oxygen atoms in total. The van der Waals surface area contributed by atoms with Gasteiger partial charge < -0.3 is 19.8 Å². The van der Waals surface area contributed by atoms with E-state index in [1.54, 1.807) is 22.8 Å². The van der Waals surface area contributed by atoms with E-state index in [1.807, 2.05) is 20.8 Å². The topological polar surface area (TPSA) is 87.8 Å². The van der Waals surface area contributed by atoms with Crippen LogP contribution in [-0.2, 0) is 11.8 Å². The van der Waals surface area contributed by atoms with E-state index in [1.165, 1.54) is 0 Å². The second-order valence-corrected chi connectivity index (χ2v) is 6.73. The summed E-state index contributed by atoms with van der Waals surface area (Å²) in [4.78, 5) is 14.6. The van der Waals surface area contributed by atoms with Gasteiger partial charge in [-0.05, 0) is 12.8 Å².